The predicted molar refractivity (Wildman–Crippen MR) is 71.4 cm³/mol. The second-order valence-corrected chi connectivity index (χ2v) is 5.26. The number of benzene rings is 1. The van der Waals surface area contributed by atoms with Crippen molar-refractivity contribution in [1.29, 1.82) is 0 Å². The standard InChI is InChI=1S/C14H22N2/c1-9(2)14-8-15-12-6-10(3)11(4)7-13(12)16(14)5/h6-7,9,14-15H,8H2,1-5H3. The van der Waals surface area contributed by atoms with Gasteiger partial charge in [0.25, 0.3) is 0 Å². The average molecular weight is 218 g/mol. The lowest BCUT2D eigenvalue weighted by Gasteiger charge is -2.39. The zero-order valence-electron chi connectivity index (χ0n) is 11.0. The van der Waals surface area contributed by atoms with E-state index in [1.165, 1.54) is 22.5 Å². The molecule has 1 N–H and O–H groups in total. The van der Waals surface area contributed by atoms with Crippen molar-refractivity contribution in [1.82, 2.24) is 0 Å². The summed E-state index contributed by atoms with van der Waals surface area (Å²) in [4.78, 5) is 2.42. The summed E-state index contributed by atoms with van der Waals surface area (Å²) < 4.78 is 0. The molecule has 2 rings (SSSR count). The number of hydrogen-bond donors (Lipinski definition) is 1. The van der Waals surface area contributed by atoms with Crippen LogP contribution in [0.2, 0.25) is 0 Å². The zero-order chi connectivity index (χ0) is 11.9. The van der Waals surface area contributed by atoms with Crippen molar-refractivity contribution in [2.24, 2.45) is 5.92 Å². The molecule has 0 amide bonds. The van der Waals surface area contributed by atoms with Crippen LogP contribution >= 0.6 is 0 Å². The number of aryl methyl sites for hydroxylation is 2. The van der Waals surface area contributed by atoms with Gasteiger partial charge in [0.1, 0.15) is 0 Å². The first kappa shape index (κ1) is 11.3. The fourth-order valence-electron chi connectivity index (χ4n) is 2.45. The van der Waals surface area contributed by atoms with E-state index in [0.717, 1.165) is 6.54 Å². The molecule has 2 heteroatoms. The SMILES string of the molecule is Cc1cc2c(cc1C)N(C)C(C(C)C)CN2. The summed E-state index contributed by atoms with van der Waals surface area (Å²) in [5, 5.41) is 3.55. The van der Waals surface area contributed by atoms with Gasteiger partial charge in [0.2, 0.25) is 0 Å². The molecule has 0 aliphatic carbocycles. The van der Waals surface area contributed by atoms with E-state index in [-0.39, 0.29) is 0 Å². The van der Waals surface area contributed by atoms with E-state index in [1.54, 1.807) is 0 Å². The molecule has 1 aromatic rings. The van der Waals surface area contributed by atoms with Crippen molar-refractivity contribution in [2.75, 3.05) is 23.8 Å². The largest absolute Gasteiger partial charge is 0.381 e. The average Bonchev–Trinajstić information content (AvgIpc) is 2.21. The van der Waals surface area contributed by atoms with Crippen molar-refractivity contribution in [3.63, 3.8) is 0 Å². The smallest absolute Gasteiger partial charge is 0.0605 e. The Morgan fingerprint density at radius 1 is 1.25 bits per heavy atom. The van der Waals surface area contributed by atoms with Crippen molar-refractivity contribution in [2.45, 2.75) is 33.7 Å². The molecule has 1 aliphatic heterocycles. The van der Waals surface area contributed by atoms with Gasteiger partial charge in [0.05, 0.1) is 11.4 Å². The Morgan fingerprint density at radius 2 is 1.88 bits per heavy atom. The summed E-state index contributed by atoms with van der Waals surface area (Å²) in [7, 11) is 2.21. The predicted octanol–water partition coefficient (Wildman–Crippen LogP) is 3.19. The molecule has 88 valence electrons. The first-order valence-electron chi connectivity index (χ1n) is 6.08. The molecule has 1 heterocycles. The van der Waals surface area contributed by atoms with Gasteiger partial charge in [-0.25, -0.2) is 0 Å². The lowest BCUT2D eigenvalue weighted by atomic mass is 9.97. The minimum Gasteiger partial charge on any atom is -0.381 e. The molecule has 0 saturated carbocycles. The monoisotopic (exact) mass is 218 g/mol. The maximum atomic E-state index is 3.55. The van der Waals surface area contributed by atoms with Crippen LogP contribution in [0.3, 0.4) is 0 Å². The van der Waals surface area contributed by atoms with Crippen LogP contribution in [0, 0.1) is 19.8 Å². The van der Waals surface area contributed by atoms with Gasteiger partial charge in [0.15, 0.2) is 0 Å². The van der Waals surface area contributed by atoms with Crippen LogP contribution < -0.4 is 10.2 Å². The highest BCUT2D eigenvalue weighted by molar-refractivity contribution is 5.74. The molecule has 16 heavy (non-hydrogen) atoms. The van der Waals surface area contributed by atoms with E-state index < -0.39 is 0 Å². The van der Waals surface area contributed by atoms with Gasteiger partial charge < -0.3 is 10.2 Å². The molecule has 0 fully saturated rings. The topological polar surface area (TPSA) is 15.3 Å². The number of anilines is 2. The van der Waals surface area contributed by atoms with Gasteiger partial charge in [-0.3, -0.25) is 0 Å². The van der Waals surface area contributed by atoms with Crippen molar-refractivity contribution < 1.29 is 0 Å². The number of rotatable bonds is 1. The van der Waals surface area contributed by atoms with Gasteiger partial charge in [-0.2, -0.15) is 0 Å². The van der Waals surface area contributed by atoms with Crippen LogP contribution in [0.25, 0.3) is 0 Å². The number of likely N-dealkylation sites (N-methyl/N-ethyl adjacent to an activating group) is 1. The van der Waals surface area contributed by atoms with Gasteiger partial charge in [-0.1, -0.05) is 13.8 Å². The van der Waals surface area contributed by atoms with E-state index in [4.69, 9.17) is 0 Å². The fraction of sp³-hybridized carbons (Fsp3) is 0.571. The summed E-state index contributed by atoms with van der Waals surface area (Å²) >= 11 is 0. The minimum absolute atomic E-state index is 0.592. The summed E-state index contributed by atoms with van der Waals surface area (Å²) in [5.41, 5.74) is 5.36. The quantitative estimate of drug-likeness (QED) is 0.778. The van der Waals surface area contributed by atoms with Crippen molar-refractivity contribution in [3.05, 3.63) is 23.3 Å². The Labute approximate surface area is 98.7 Å². The molecule has 0 aromatic heterocycles. The molecule has 1 atom stereocenters. The third-order valence-corrected chi connectivity index (χ3v) is 3.76. The van der Waals surface area contributed by atoms with Crippen LogP contribution in [0.5, 0.6) is 0 Å². The molecule has 1 unspecified atom stereocenters. The Hall–Kier alpha value is -1.18. The van der Waals surface area contributed by atoms with Crippen LogP contribution in [0.1, 0.15) is 25.0 Å². The normalized spacial score (nSPS) is 19.6. The lowest BCUT2D eigenvalue weighted by molar-refractivity contribution is 0.482. The third kappa shape index (κ3) is 1.77. The minimum atomic E-state index is 0.592. The molecule has 0 spiro atoms. The number of fused-ring (bicyclic) bond motifs is 1. The molecule has 0 radical (unpaired) electrons. The molecular formula is C14H22N2. The molecule has 0 bridgehead atoms. The molecule has 1 aromatic carbocycles. The Balaban J connectivity index is 2.41. The highest BCUT2D eigenvalue weighted by Crippen LogP contribution is 2.34. The van der Waals surface area contributed by atoms with E-state index in [0.29, 0.717) is 12.0 Å². The van der Waals surface area contributed by atoms with Crippen LogP contribution in [-0.2, 0) is 0 Å². The van der Waals surface area contributed by atoms with Crippen molar-refractivity contribution >= 4 is 11.4 Å². The summed E-state index contributed by atoms with van der Waals surface area (Å²) in [6.45, 7) is 9.97. The van der Waals surface area contributed by atoms with E-state index >= 15 is 0 Å². The number of nitrogens with one attached hydrogen (secondary N) is 1. The summed E-state index contributed by atoms with van der Waals surface area (Å²) in [6, 6.07) is 5.15. The van der Waals surface area contributed by atoms with Crippen LogP contribution in [0.4, 0.5) is 11.4 Å². The van der Waals surface area contributed by atoms with Gasteiger partial charge in [-0.05, 0) is 43.0 Å². The van der Waals surface area contributed by atoms with E-state index in [9.17, 15) is 0 Å². The summed E-state index contributed by atoms with van der Waals surface area (Å²) in [5.74, 6) is 0.673. The molecule has 0 saturated heterocycles. The lowest BCUT2D eigenvalue weighted by Crippen LogP contribution is -2.44. The Bertz CT molecular complexity index is 396. The maximum absolute atomic E-state index is 3.55. The van der Waals surface area contributed by atoms with E-state index in [1.807, 2.05) is 0 Å². The number of hydrogen-bond acceptors (Lipinski definition) is 2. The number of nitrogens with zero attached hydrogens (tertiary/aromatic N) is 1. The molecule has 1 aliphatic rings. The van der Waals surface area contributed by atoms with Gasteiger partial charge in [-0.15, -0.1) is 0 Å². The van der Waals surface area contributed by atoms with Gasteiger partial charge >= 0.3 is 0 Å². The first-order valence-corrected chi connectivity index (χ1v) is 6.08. The van der Waals surface area contributed by atoms with E-state index in [2.05, 4.69) is 57.1 Å². The maximum Gasteiger partial charge on any atom is 0.0605 e. The molecule has 2 nitrogen and oxygen atoms in total. The van der Waals surface area contributed by atoms with Crippen molar-refractivity contribution in [3.8, 4) is 0 Å². The first-order chi connectivity index (χ1) is 7.50. The van der Waals surface area contributed by atoms with Gasteiger partial charge in [0, 0.05) is 19.6 Å². The zero-order valence-corrected chi connectivity index (χ0v) is 11.0. The Morgan fingerprint density at radius 3 is 2.50 bits per heavy atom. The second-order valence-electron chi connectivity index (χ2n) is 5.26. The highest BCUT2D eigenvalue weighted by Gasteiger charge is 2.25. The second kappa shape index (κ2) is 4.00. The summed E-state index contributed by atoms with van der Waals surface area (Å²) in [6.07, 6.45) is 0. The third-order valence-electron chi connectivity index (χ3n) is 3.76. The molecular weight excluding hydrogens is 196 g/mol. The highest BCUT2D eigenvalue weighted by atomic mass is 15.2. The Kier molecular flexibility index (Phi) is 2.83. The van der Waals surface area contributed by atoms with Crippen LogP contribution in [-0.4, -0.2) is 19.6 Å². The van der Waals surface area contributed by atoms with Crippen LogP contribution in [0.15, 0.2) is 12.1 Å². The fourth-order valence-corrected chi connectivity index (χ4v) is 2.45.